The average molecular weight is 205 g/mol. The molecule has 0 fully saturated rings. The smallest absolute Gasteiger partial charge is 0.209 e. The summed E-state index contributed by atoms with van der Waals surface area (Å²) in [6.07, 6.45) is 1.65. The molecule has 82 valence electrons. The zero-order chi connectivity index (χ0) is 10.4. The summed E-state index contributed by atoms with van der Waals surface area (Å²) in [5, 5.41) is 0. The lowest BCUT2D eigenvalue weighted by Crippen LogP contribution is -2.17. The molecule has 15 heavy (non-hydrogen) atoms. The van der Waals surface area contributed by atoms with Crippen molar-refractivity contribution in [3.05, 3.63) is 42.5 Å². The number of nitrogens with zero attached hydrogens (tertiary/aromatic N) is 1. The van der Waals surface area contributed by atoms with Crippen molar-refractivity contribution in [2.24, 2.45) is 0 Å². The van der Waals surface area contributed by atoms with Gasteiger partial charge in [-0.1, -0.05) is 44.3 Å². The van der Waals surface area contributed by atoms with Gasteiger partial charge in [0.1, 0.15) is 0 Å². The Kier molecular flexibility index (Phi) is 6.11. The monoisotopic (exact) mass is 205 g/mol. The number of carbonyl (C=O) groups is 1. The number of carbonyl (C=O) groups excluding carboxylic acids is 1. The minimum Gasteiger partial charge on any atom is -0.348 e. The standard InChI is InChI=1S/C12H15NO.CH4/c1-11(8-9-13(2)10-14)12-6-4-3-5-7-12;/h3-7,10H,1,8-9H2,2H3;1H4. The third-order valence-corrected chi connectivity index (χ3v) is 2.13. The van der Waals surface area contributed by atoms with E-state index in [1.54, 1.807) is 11.9 Å². The van der Waals surface area contributed by atoms with Gasteiger partial charge >= 0.3 is 0 Å². The minimum absolute atomic E-state index is 0. The Hall–Kier alpha value is -1.57. The third-order valence-electron chi connectivity index (χ3n) is 2.13. The first-order chi connectivity index (χ1) is 6.74. The predicted octanol–water partition coefficient (Wildman–Crippen LogP) is 2.81. The van der Waals surface area contributed by atoms with Crippen LogP contribution in [0.5, 0.6) is 0 Å². The molecule has 0 N–H and O–H groups in total. The normalized spacial score (nSPS) is 8.87. The number of hydrogen-bond donors (Lipinski definition) is 0. The summed E-state index contributed by atoms with van der Waals surface area (Å²) in [6, 6.07) is 10.0. The molecular formula is C13H19NO. The van der Waals surface area contributed by atoms with Gasteiger partial charge in [-0.2, -0.15) is 0 Å². The third kappa shape index (κ3) is 4.45. The summed E-state index contributed by atoms with van der Waals surface area (Å²) in [5.41, 5.74) is 2.21. The largest absolute Gasteiger partial charge is 0.348 e. The first-order valence-corrected chi connectivity index (χ1v) is 4.63. The zero-order valence-electron chi connectivity index (χ0n) is 8.44. The number of benzene rings is 1. The predicted molar refractivity (Wildman–Crippen MR) is 65.5 cm³/mol. The quantitative estimate of drug-likeness (QED) is 0.677. The van der Waals surface area contributed by atoms with E-state index in [1.165, 1.54) is 0 Å². The van der Waals surface area contributed by atoms with Crippen LogP contribution in [0, 0.1) is 0 Å². The molecular weight excluding hydrogens is 186 g/mol. The van der Waals surface area contributed by atoms with Crippen LogP contribution in [0.15, 0.2) is 36.9 Å². The van der Waals surface area contributed by atoms with Crippen molar-refractivity contribution < 1.29 is 4.79 Å². The van der Waals surface area contributed by atoms with Gasteiger partial charge in [-0.3, -0.25) is 4.79 Å². The fraction of sp³-hybridized carbons (Fsp3) is 0.308. The van der Waals surface area contributed by atoms with E-state index in [0.717, 1.165) is 30.5 Å². The summed E-state index contributed by atoms with van der Waals surface area (Å²) < 4.78 is 0. The molecule has 0 atom stereocenters. The highest BCUT2D eigenvalue weighted by Crippen LogP contribution is 2.15. The Bertz CT molecular complexity index is 306. The Labute approximate surface area is 92.2 Å². The van der Waals surface area contributed by atoms with E-state index in [9.17, 15) is 4.79 Å². The number of rotatable bonds is 5. The lowest BCUT2D eigenvalue weighted by Gasteiger charge is -2.11. The van der Waals surface area contributed by atoms with Gasteiger partial charge in [-0.25, -0.2) is 0 Å². The topological polar surface area (TPSA) is 20.3 Å². The molecule has 1 aromatic rings. The van der Waals surface area contributed by atoms with Crippen LogP contribution in [0.4, 0.5) is 0 Å². The molecule has 0 aliphatic carbocycles. The van der Waals surface area contributed by atoms with Gasteiger partial charge in [0.15, 0.2) is 0 Å². The molecule has 0 spiro atoms. The number of hydrogen-bond acceptors (Lipinski definition) is 1. The molecule has 0 heterocycles. The summed E-state index contributed by atoms with van der Waals surface area (Å²) in [7, 11) is 1.77. The molecule has 0 aliphatic heterocycles. The van der Waals surface area contributed by atoms with Crippen LogP contribution in [0.3, 0.4) is 0 Å². The maximum Gasteiger partial charge on any atom is 0.209 e. The van der Waals surface area contributed by atoms with Crippen LogP contribution in [0.2, 0.25) is 0 Å². The van der Waals surface area contributed by atoms with E-state index in [2.05, 4.69) is 6.58 Å². The second-order valence-corrected chi connectivity index (χ2v) is 3.31. The van der Waals surface area contributed by atoms with Crippen LogP contribution in [-0.4, -0.2) is 24.9 Å². The van der Waals surface area contributed by atoms with Crippen molar-refractivity contribution >= 4 is 12.0 Å². The summed E-state index contributed by atoms with van der Waals surface area (Å²) in [5.74, 6) is 0. The Balaban J connectivity index is 0.00000196. The summed E-state index contributed by atoms with van der Waals surface area (Å²) in [4.78, 5) is 12.0. The molecule has 0 bridgehead atoms. The van der Waals surface area contributed by atoms with Crippen molar-refractivity contribution in [3.63, 3.8) is 0 Å². The summed E-state index contributed by atoms with van der Waals surface area (Å²) in [6.45, 7) is 4.71. The molecule has 0 radical (unpaired) electrons. The van der Waals surface area contributed by atoms with Gasteiger partial charge < -0.3 is 4.90 Å². The molecule has 2 nitrogen and oxygen atoms in total. The second-order valence-electron chi connectivity index (χ2n) is 3.31. The number of amides is 1. The van der Waals surface area contributed by atoms with Gasteiger partial charge in [-0.05, 0) is 17.6 Å². The average Bonchev–Trinajstić information content (AvgIpc) is 2.26. The lowest BCUT2D eigenvalue weighted by molar-refractivity contribution is -0.116. The molecule has 0 saturated heterocycles. The lowest BCUT2D eigenvalue weighted by atomic mass is 10.1. The van der Waals surface area contributed by atoms with Crippen LogP contribution in [0.25, 0.3) is 5.57 Å². The highest BCUT2D eigenvalue weighted by molar-refractivity contribution is 5.63. The van der Waals surface area contributed by atoms with Crippen LogP contribution >= 0.6 is 0 Å². The van der Waals surface area contributed by atoms with Crippen molar-refractivity contribution in [3.8, 4) is 0 Å². The molecule has 0 saturated carbocycles. The van der Waals surface area contributed by atoms with Gasteiger partial charge in [-0.15, -0.1) is 0 Å². The minimum atomic E-state index is 0. The van der Waals surface area contributed by atoms with Crippen LogP contribution < -0.4 is 0 Å². The second kappa shape index (κ2) is 6.82. The zero-order valence-corrected chi connectivity index (χ0v) is 8.44. The Morgan fingerprint density at radius 3 is 2.53 bits per heavy atom. The van der Waals surface area contributed by atoms with Gasteiger partial charge in [0.25, 0.3) is 0 Å². The van der Waals surface area contributed by atoms with Crippen molar-refractivity contribution in [1.82, 2.24) is 4.90 Å². The maximum atomic E-state index is 10.4. The summed E-state index contributed by atoms with van der Waals surface area (Å²) >= 11 is 0. The molecule has 0 unspecified atom stereocenters. The van der Waals surface area contributed by atoms with E-state index >= 15 is 0 Å². The van der Waals surface area contributed by atoms with Crippen LogP contribution in [-0.2, 0) is 4.79 Å². The van der Waals surface area contributed by atoms with E-state index in [-0.39, 0.29) is 7.43 Å². The van der Waals surface area contributed by atoms with Gasteiger partial charge in [0.05, 0.1) is 0 Å². The van der Waals surface area contributed by atoms with Crippen LogP contribution in [0.1, 0.15) is 19.4 Å². The van der Waals surface area contributed by atoms with E-state index in [4.69, 9.17) is 0 Å². The van der Waals surface area contributed by atoms with Gasteiger partial charge in [0, 0.05) is 13.6 Å². The molecule has 2 heteroatoms. The van der Waals surface area contributed by atoms with Crippen molar-refractivity contribution in [2.45, 2.75) is 13.8 Å². The van der Waals surface area contributed by atoms with Gasteiger partial charge in [0.2, 0.25) is 6.41 Å². The molecule has 0 aliphatic rings. The first-order valence-electron chi connectivity index (χ1n) is 4.63. The van der Waals surface area contributed by atoms with Crippen molar-refractivity contribution in [1.29, 1.82) is 0 Å². The molecule has 1 rings (SSSR count). The highest BCUT2D eigenvalue weighted by Gasteiger charge is 1.99. The van der Waals surface area contributed by atoms with E-state index < -0.39 is 0 Å². The maximum absolute atomic E-state index is 10.4. The SMILES string of the molecule is C.C=C(CCN(C)C=O)c1ccccc1. The fourth-order valence-corrected chi connectivity index (χ4v) is 1.18. The Morgan fingerprint density at radius 2 is 2.00 bits per heavy atom. The van der Waals surface area contributed by atoms with E-state index in [1.807, 2.05) is 30.3 Å². The molecule has 0 aromatic heterocycles. The Morgan fingerprint density at radius 1 is 1.40 bits per heavy atom. The fourth-order valence-electron chi connectivity index (χ4n) is 1.18. The highest BCUT2D eigenvalue weighted by atomic mass is 16.1. The molecule has 1 aromatic carbocycles. The van der Waals surface area contributed by atoms with Crippen molar-refractivity contribution in [2.75, 3.05) is 13.6 Å². The first kappa shape index (κ1) is 13.4. The van der Waals surface area contributed by atoms with E-state index in [0.29, 0.717) is 0 Å². The molecule has 1 amide bonds.